The molecular weight excluding hydrogens is 725 g/mol. The molecule has 4 atom stereocenters. The van der Waals surface area contributed by atoms with Gasteiger partial charge in [-0.15, -0.1) is 0 Å². The maximum Gasteiger partial charge on any atom is 0.0133 e. The van der Waals surface area contributed by atoms with Gasteiger partial charge in [-0.2, -0.15) is 0 Å². The fourth-order valence-corrected chi connectivity index (χ4v) is 18.7. The van der Waals surface area contributed by atoms with Crippen LogP contribution in [-0.4, -0.2) is 46.1 Å². The van der Waals surface area contributed by atoms with Crippen LogP contribution < -0.4 is 0 Å². The maximum atomic E-state index is 3.42. The summed E-state index contributed by atoms with van der Waals surface area (Å²) >= 11 is 0. The minimum atomic E-state index is 0.896. The highest BCUT2D eigenvalue weighted by molar-refractivity contribution is 5.04. The summed E-state index contributed by atoms with van der Waals surface area (Å²) in [5.41, 5.74) is 0. The Bertz CT molecular complexity index is 1180. The second-order valence-corrected chi connectivity index (χ2v) is 26.2. The zero-order valence-electron chi connectivity index (χ0n) is 40.5. The largest absolute Gasteiger partial charge is 0.294 e. The second kappa shape index (κ2) is 19.8. The van der Waals surface area contributed by atoms with Crippen LogP contribution >= 0.6 is 0 Å². The maximum absolute atomic E-state index is 3.42. The van der Waals surface area contributed by atoms with Crippen molar-refractivity contribution in [3.63, 3.8) is 0 Å². The molecule has 0 bridgehead atoms. The average molecular weight is 825 g/mol. The van der Waals surface area contributed by atoms with Gasteiger partial charge in [-0.1, -0.05) is 66.2 Å². The number of nitrogens with zero attached hydrogens (tertiary/aromatic N) is 2. The van der Waals surface area contributed by atoms with Crippen molar-refractivity contribution in [3.8, 4) is 0 Å². The van der Waals surface area contributed by atoms with Crippen LogP contribution in [0.2, 0.25) is 0 Å². The zero-order chi connectivity index (χ0) is 40.7. The highest BCUT2D eigenvalue weighted by atomic mass is 15.2. The van der Waals surface area contributed by atoms with Crippen molar-refractivity contribution in [2.45, 2.75) is 282 Å². The van der Waals surface area contributed by atoms with E-state index >= 15 is 0 Å². The van der Waals surface area contributed by atoms with E-state index in [0.717, 1.165) is 119 Å². The minimum Gasteiger partial charge on any atom is -0.294 e. The summed E-state index contributed by atoms with van der Waals surface area (Å²) in [6.45, 7) is 10.2. The summed E-state index contributed by atoms with van der Waals surface area (Å²) in [4.78, 5) is 6.84. The van der Waals surface area contributed by atoms with Crippen LogP contribution in [-0.2, 0) is 0 Å². The van der Waals surface area contributed by atoms with Gasteiger partial charge < -0.3 is 0 Å². The van der Waals surface area contributed by atoms with Crippen LogP contribution in [0.25, 0.3) is 0 Å². The summed E-state index contributed by atoms with van der Waals surface area (Å²) in [6.07, 6.45) is 52.6. The van der Waals surface area contributed by atoms with Crippen molar-refractivity contribution in [1.82, 2.24) is 9.80 Å². The molecule has 10 fully saturated rings. The lowest BCUT2D eigenvalue weighted by Gasteiger charge is -2.58. The molecule has 2 nitrogen and oxygen atoms in total. The molecule has 10 aliphatic rings. The van der Waals surface area contributed by atoms with Gasteiger partial charge in [0.15, 0.2) is 0 Å². The van der Waals surface area contributed by atoms with E-state index < -0.39 is 0 Å². The van der Waals surface area contributed by atoms with E-state index in [1.165, 1.54) is 89.9 Å². The first-order valence-corrected chi connectivity index (χ1v) is 28.9. The molecule has 60 heavy (non-hydrogen) atoms. The predicted molar refractivity (Wildman–Crippen MR) is 255 cm³/mol. The van der Waals surface area contributed by atoms with Crippen LogP contribution in [0.5, 0.6) is 0 Å². The van der Waals surface area contributed by atoms with E-state index in [9.17, 15) is 0 Å². The molecular formula is C58H100N2. The lowest BCUT2D eigenvalue weighted by Crippen LogP contribution is -2.62. The molecule has 0 spiro atoms. The quantitative estimate of drug-likeness (QED) is 0.217. The lowest BCUT2D eigenvalue weighted by atomic mass is 9.58. The number of rotatable bonds is 10. The molecule has 0 aliphatic heterocycles. The smallest absolute Gasteiger partial charge is 0.0133 e. The van der Waals surface area contributed by atoms with Crippen molar-refractivity contribution in [1.29, 1.82) is 0 Å². The molecule has 0 N–H and O–H groups in total. The third-order valence-corrected chi connectivity index (χ3v) is 22.7. The lowest BCUT2D eigenvalue weighted by molar-refractivity contribution is -0.0868. The third kappa shape index (κ3) is 9.59. The molecule has 0 heterocycles. The van der Waals surface area contributed by atoms with Crippen molar-refractivity contribution in [2.24, 2.45) is 82.9 Å². The zero-order valence-corrected chi connectivity index (χ0v) is 40.5. The van der Waals surface area contributed by atoms with Crippen molar-refractivity contribution < 1.29 is 0 Å². The molecule has 10 rings (SSSR count). The van der Waals surface area contributed by atoms with E-state index in [-0.39, 0.29) is 0 Å². The number of fused-ring (bicyclic) bond motifs is 1. The van der Waals surface area contributed by atoms with E-state index in [1.807, 2.05) is 0 Å². The first-order chi connectivity index (χ1) is 29.3. The molecule has 0 radical (unpaired) electrons. The Morgan fingerprint density at radius 3 is 0.750 bits per heavy atom. The fraction of sp³-hybridized carbons (Fsp3) is 1.00. The van der Waals surface area contributed by atoms with Gasteiger partial charge in [-0.3, -0.25) is 9.80 Å². The van der Waals surface area contributed by atoms with E-state index in [0.29, 0.717) is 0 Å². The Morgan fingerprint density at radius 2 is 0.467 bits per heavy atom. The Kier molecular flexibility index (Phi) is 14.5. The molecule has 2 heteroatoms. The summed E-state index contributed by atoms with van der Waals surface area (Å²) in [6, 6.07) is 5.39. The highest BCUT2D eigenvalue weighted by Crippen LogP contribution is 2.55. The highest BCUT2D eigenvalue weighted by Gasteiger charge is 2.51. The second-order valence-electron chi connectivity index (χ2n) is 26.2. The van der Waals surface area contributed by atoms with Crippen LogP contribution in [0.3, 0.4) is 0 Å². The van der Waals surface area contributed by atoms with Gasteiger partial charge in [0.25, 0.3) is 0 Å². The molecule has 4 unspecified atom stereocenters. The Morgan fingerprint density at radius 1 is 0.233 bits per heavy atom. The first-order valence-electron chi connectivity index (χ1n) is 28.9. The molecule has 0 aromatic rings. The summed E-state index contributed by atoms with van der Waals surface area (Å²) < 4.78 is 0. The van der Waals surface area contributed by atoms with Crippen LogP contribution in [0, 0.1) is 82.9 Å². The first kappa shape index (κ1) is 43.8. The van der Waals surface area contributed by atoms with Gasteiger partial charge in [-0.05, 0) is 263 Å². The minimum absolute atomic E-state index is 0.896. The van der Waals surface area contributed by atoms with Gasteiger partial charge in [-0.25, -0.2) is 0 Å². The van der Waals surface area contributed by atoms with E-state index in [1.54, 1.807) is 128 Å². The normalized spacial score (nSPS) is 50.7. The van der Waals surface area contributed by atoms with Crippen molar-refractivity contribution in [2.75, 3.05) is 0 Å². The van der Waals surface area contributed by atoms with Gasteiger partial charge in [0, 0.05) is 36.3 Å². The summed E-state index contributed by atoms with van der Waals surface area (Å²) in [7, 11) is 0. The number of hydrogen-bond donors (Lipinski definition) is 0. The molecule has 10 aliphatic carbocycles. The topological polar surface area (TPSA) is 6.48 Å². The molecule has 10 saturated carbocycles. The van der Waals surface area contributed by atoms with Gasteiger partial charge >= 0.3 is 0 Å². The summed E-state index contributed by atoms with van der Waals surface area (Å²) in [5, 5.41) is 0. The third-order valence-electron chi connectivity index (χ3n) is 22.7. The fourth-order valence-electron chi connectivity index (χ4n) is 18.7. The van der Waals surface area contributed by atoms with Crippen molar-refractivity contribution in [3.05, 3.63) is 0 Å². The molecule has 0 aromatic carbocycles. The molecule has 342 valence electrons. The van der Waals surface area contributed by atoms with Crippen LogP contribution in [0.4, 0.5) is 0 Å². The van der Waals surface area contributed by atoms with Crippen molar-refractivity contribution >= 4 is 0 Å². The Hall–Kier alpha value is -0.0800. The van der Waals surface area contributed by atoms with E-state index in [2.05, 4.69) is 37.5 Å². The molecule has 0 amide bonds. The molecule has 0 aromatic heterocycles. The Balaban J connectivity index is 0.801. The number of hydrogen-bond acceptors (Lipinski definition) is 2. The predicted octanol–water partition coefficient (Wildman–Crippen LogP) is 15.9. The average Bonchev–Trinajstić information content (AvgIpc) is 3.24. The summed E-state index contributed by atoms with van der Waals surface area (Å²) in [5.74, 6) is 14.6. The molecule has 0 saturated heterocycles. The van der Waals surface area contributed by atoms with Gasteiger partial charge in [0.05, 0.1) is 0 Å². The van der Waals surface area contributed by atoms with E-state index in [4.69, 9.17) is 0 Å². The Labute approximate surface area is 373 Å². The van der Waals surface area contributed by atoms with Crippen LogP contribution in [0.1, 0.15) is 246 Å². The SMILES string of the molecule is CC1CCC(C2CC(C3CCC(N(C4CCC(C)CC4)C4CCCC5C4CCCC5N(C4CCC(C)CC4)C4CCC(C5CC(C6CCC(C)CC6)C5)CC4)CC3)C2)CC1. The van der Waals surface area contributed by atoms with Gasteiger partial charge in [0.1, 0.15) is 0 Å². The van der Waals surface area contributed by atoms with Gasteiger partial charge in [0.2, 0.25) is 0 Å². The standard InChI is InChI=1S/C58H100N2/c1-39-11-19-43(20-12-39)47-35-49(36-47)45-23-31-53(32-24-45)59(51-27-15-41(3)16-28-51)57-9-5-8-56-55(57)7-6-10-58(56)60(52-29-17-42(4)18-30-52)54-33-25-46(26-34-54)50-37-48(38-50)44-21-13-40(2)14-22-44/h39-58H,5-38H2,1-4H3. The van der Waals surface area contributed by atoms with Crippen LogP contribution in [0.15, 0.2) is 0 Å². The monoisotopic (exact) mass is 825 g/mol.